The molecule has 0 radical (unpaired) electrons. The molecule has 9 nitrogen and oxygen atoms in total. The highest BCUT2D eigenvalue weighted by Gasteiger charge is 2.49. The van der Waals surface area contributed by atoms with Crippen molar-refractivity contribution in [2.24, 2.45) is 10.4 Å². The summed E-state index contributed by atoms with van der Waals surface area (Å²) in [6, 6.07) is 5.75. The Hall–Kier alpha value is -2.72. The van der Waals surface area contributed by atoms with Crippen LogP contribution in [0.15, 0.2) is 41.1 Å². The summed E-state index contributed by atoms with van der Waals surface area (Å²) in [5.74, 6) is 1.52. The quantitative estimate of drug-likeness (QED) is 0.444. The number of aliphatic imine (C=N–C) groups is 1. The van der Waals surface area contributed by atoms with Crippen molar-refractivity contribution >= 4 is 18.0 Å². The number of allylic oxidation sites excluding steroid dienone is 2. The van der Waals surface area contributed by atoms with Gasteiger partial charge in [-0.1, -0.05) is 19.1 Å². The zero-order valence-electron chi connectivity index (χ0n) is 18.2. The third-order valence-corrected chi connectivity index (χ3v) is 5.55. The zero-order chi connectivity index (χ0) is 23.2. The van der Waals surface area contributed by atoms with Crippen LogP contribution in [0, 0.1) is 5.41 Å². The molecule has 2 unspecified atom stereocenters. The first kappa shape index (κ1) is 24.5. The fourth-order valence-electron chi connectivity index (χ4n) is 3.53. The number of nitrogens with zero attached hydrogens (tertiary/aromatic N) is 2. The monoisotopic (exact) mass is 433 g/mol. The number of rotatable bonds is 5. The number of carbonyl (C=O) groups is 1. The number of hydrogen-bond acceptors (Lipinski definition) is 8. The van der Waals surface area contributed by atoms with E-state index in [-0.39, 0.29) is 24.7 Å². The Morgan fingerprint density at radius 3 is 2.52 bits per heavy atom. The molecule has 0 bridgehead atoms. The van der Waals surface area contributed by atoms with Gasteiger partial charge >= 0.3 is 0 Å². The normalized spacial score (nSPS) is 21.1. The summed E-state index contributed by atoms with van der Waals surface area (Å²) in [6.07, 6.45) is 5.65. The van der Waals surface area contributed by atoms with E-state index in [2.05, 4.69) is 12.3 Å². The molecule has 1 fully saturated rings. The molecule has 0 aromatic heterocycles. The van der Waals surface area contributed by atoms with E-state index in [1.54, 1.807) is 14.0 Å². The number of ether oxygens (including phenoxy) is 1. The molecule has 170 valence electrons. The van der Waals surface area contributed by atoms with E-state index >= 15 is 0 Å². The predicted octanol–water partition coefficient (Wildman–Crippen LogP) is 1.77. The summed E-state index contributed by atoms with van der Waals surface area (Å²) in [5, 5.41) is 35.5. The van der Waals surface area contributed by atoms with Crippen molar-refractivity contribution in [2.75, 3.05) is 14.2 Å². The Labute approximate surface area is 182 Å². The second kappa shape index (κ2) is 10.5. The van der Waals surface area contributed by atoms with E-state index in [1.807, 2.05) is 35.4 Å². The second-order valence-electron chi connectivity index (χ2n) is 7.61. The third kappa shape index (κ3) is 5.13. The molecule has 1 aliphatic carbocycles. The first-order valence-electron chi connectivity index (χ1n) is 9.93. The number of aliphatic hydroxyl groups excluding tert-OH is 3. The van der Waals surface area contributed by atoms with Crippen LogP contribution in [0.3, 0.4) is 0 Å². The number of aliphatic hydroxyl groups is 3. The van der Waals surface area contributed by atoms with E-state index in [0.717, 1.165) is 53.9 Å². The molecular weight excluding hydrogens is 402 g/mol. The number of hydrogen-bond donors (Lipinski definition) is 5. The van der Waals surface area contributed by atoms with Gasteiger partial charge in [-0.05, 0) is 49.1 Å². The average Bonchev–Trinajstić information content (AvgIpc) is 3.36. The Balaban J connectivity index is 0.000000630. The molecule has 5 N–H and O–H groups in total. The van der Waals surface area contributed by atoms with Crippen LogP contribution in [0.5, 0.6) is 0 Å². The molecule has 2 heterocycles. The lowest BCUT2D eigenvalue weighted by Gasteiger charge is -2.29. The molecular formula is C22H31N3O6. The van der Waals surface area contributed by atoms with Crippen LogP contribution in [0.25, 0.3) is 5.70 Å². The standard InChI is InChI=1S/C20H25N3O3.CH2O2.CH4O/c1-12(25)15-5-4-13(10-14(15)11-24)16-6-7-17(26-3)18-21-19(22-23(16)18)20(2)8-9-20;2-1-3;1-2/h4-7,10,12,19,22,24-25H,8-9,11H2,1-3H3;1H,(H,2,3);2H,1H3. The minimum absolute atomic E-state index is 0.0339. The van der Waals surface area contributed by atoms with Crippen molar-refractivity contribution in [1.29, 1.82) is 0 Å². The highest BCUT2D eigenvalue weighted by Crippen LogP contribution is 2.50. The van der Waals surface area contributed by atoms with E-state index in [1.165, 1.54) is 0 Å². The maximum Gasteiger partial charge on any atom is 0.290 e. The van der Waals surface area contributed by atoms with Crippen LogP contribution in [0.1, 0.15) is 49.5 Å². The molecule has 2 aliphatic heterocycles. The van der Waals surface area contributed by atoms with Crippen LogP contribution in [-0.2, 0) is 16.1 Å². The number of hydrazine groups is 1. The lowest BCUT2D eigenvalue weighted by Crippen LogP contribution is -2.43. The van der Waals surface area contributed by atoms with Crippen LogP contribution >= 0.6 is 0 Å². The van der Waals surface area contributed by atoms with Gasteiger partial charge < -0.3 is 25.2 Å². The van der Waals surface area contributed by atoms with Crippen LogP contribution in [-0.4, -0.2) is 58.1 Å². The highest BCUT2D eigenvalue weighted by molar-refractivity contribution is 6.04. The summed E-state index contributed by atoms with van der Waals surface area (Å²) in [4.78, 5) is 13.2. The Morgan fingerprint density at radius 1 is 1.35 bits per heavy atom. The number of nitrogens with one attached hydrogen (secondary N) is 1. The molecule has 31 heavy (non-hydrogen) atoms. The van der Waals surface area contributed by atoms with Crippen molar-refractivity contribution in [2.45, 2.75) is 45.6 Å². The predicted molar refractivity (Wildman–Crippen MR) is 116 cm³/mol. The van der Waals surface area contributed by atoms with Crippen molar-refractivity contribution in [1.82, 2.24) is 10.4 Å². The molecule has 1 aromatic carbocycles. The number of benzene rings is 1. The molecule has 0 amide bonds. The SMILES string of the molecule is CO.COC1=CC=C(c2ccc(C(C)O)c(CO)c2)N2NC(C3(C)CC3)N=C12.O=CO. The van der Waals surface area contributed by atoms with Crippen molar-refractivity contribution < 1.29 is 30.0 Å². The minimum Gasteiger partial charge on any atom is -0.493 e. The zero-order valence-corrected chi connectivity index (χ0v) is 18.2. The minimum atomic E-state index is -0.618. The summed E-state index contributed by atoms with van der Waals surface area (Å²) < 4.78 is 5.50. The first-order chi connectivity index (χ1) is 14.9. The average molecular weight is 434 g/mol. The molecule has 2 atom stereocenters. The van der Waals surface area contributed by atoms with Gasteiger partial charge in [-0.25, -0.2) is 10.4 Å². The number of amidine groups is 1. The van der Waals surface area contributed by atoms with Gasteiger partial charge in [0.25, 0.3) is 6.47 Å². The van der Waals surface area contributed by atoms with E-state index in [4.69, 9.17) is 24.7 Å². The van der Waals surface area contributed by atoms with E-state index < -0.39 is 6.10 Å². The number of carboxylic acid groups (broad SMARTS) is 1. The van der Waals surface area contributed by atoms with Gasteiger partial charge in [0.1, 0.15) is 6.17 Å². The van der Waals surface area contributed by atoms with Crippen molar-refractivity contribution in [3.63, 3.8) is 0 Å². The molecule has 4 rings (SSSR count). The topological polar surface area (TPSA) is 135 Å². The van der Waals surface area contributed by atoms with Gasteiger partial charge in [0.2, 0.25) is 0 Å². The molecule has 1 aromatic rings. The molecule has 1 saturated carbocycles. The van der Waals surface area contributed by atoms with Crippen LogP contribution in [0.2, 0.25) is 0 Å². The summed E-state index contributed by atoms with van der Waals surface area (Å²) in [7, 11) is 2.65. The van der Waals surface area contributed by atoms with Gasteiger partial charge in [-0.3, -0.25) is 9.80 Å². The van der Waals surface area contributed by atoms with Crippen molar-refractivity contribution in [3.8, 4) is 0 Å². The third-order valence-electron chi connectivity index (χ3n) is 5.55. The largest absolute Gasteiger partial charge is 0.493 e. The Bertz CT molecular complexity index is 874. The Morgan fingerprint density at radius 2 is 2.00 bits per heavy atom. The lowest BCUT2D eigenvalue weighted by molar-refractivity contribution is -0.122. The summed E-state index contributed by atoms with van der Waals surface area (Å²) >= 11 is 0. The van der Waals surface area contributed by atoms with E-state index in [9.17, 15) is 10.2 Å². The summed E-state index contributed by atoms with van der Waals surface area (Å²) in [5.41, 5.74) is 7.07. The molecule has 0 spiro atoms. The van der Waals surface area contributed by atoms with Gasteiger partial charge in [0, 0.05) is 18.1 Å². The molecule has 0 saturated heterocycles. The highest BCUT2D eigenvalue weighted by atomic mass is 16.5. The summed E-state index contributed by atoms with van der Waals surface area (Å²) in [6.45, 7) is 3.58. The van der Waals surface area contributed by atoms with Gasteiger partial charge in [0.05, 0.1) is 25.5 Å². The maximum absolute atomic E-state index is 9.89. The van der Waals surface area contributed by atoms with Gasteiger partial charge in [0.15, 0.2) is 11.6 Å². The van der Waals surface area contributed by atoms with Crippen molar-refractivity contribution in [3.05, 3.63) is 52.8 Å². The number of fused-ring (bicyclic) bond motifs is 1. The fraction of sp³-hybridized carbons (Fsp3) is 0.455. The smallest absolute Gasteiger partial charge is 0.290 e. The maximum atomic E-state index is 9.89. The molecule has 9 heteroatoms. The van der Waals surface area contributed by atoms with Gasteiger partial charge in [-0.15, -0.1) is 0 Å². The lowest BCUT2D eigenvalue weighted by atomic mass is 9.98. The van der Waals surface area contributed by atoms with Crippen LogP contribution in [0.4, 0.5) is 0 Å². The molecule has 3 aliphatic rings. The van der Waals surface area contributed by atoms with Crippen LogP contribution < -0.4 is 5.43 Å². The Kier molecular flexibility index (Phi) is 8.35. The first-order valence-corrected chi connectivity index (χ1v) is 9.93. The number of methoxy groups -OCH3 is 1. The second-order valence-corrected chi connectivity index (χ2v) is 7.61. The van der Waals surface area contributed by atoms with E-state index in [0.29, 0.717) is 0 Å². The fourth-order valence-corrected chi connectivity index (χ4v) is 3.53. The van der Waals surface area contributed by atoms with Gasteiger partial charge in [-0.2, -0.15) is 0 Å².